The number of alkyl halides is 3. The van der Waals surface area contributed by atoms with Crippen molar-refractivity contribution in [3.05, 3.63) is 65.7 Å². The largest absolute Gasteiger partial charge is 0.491 e. The van der Waals surface area contributed by atoms with Gasteiger partial charge in [-0.1, -0.05) is 36.4 Å². The van der Waals surface area contributed by atoms with E-state index in [2.05, 4.69) is 4.90 Å². The van der Waals surface area contributed by atoms with Gasteiger partial charge in [0.05, 0.1) is 5.56 Å². The van der Waals surface area contributed by atoms with Gasteiger partial charge in [-0.2, -0.15) is 13.2 Å². The molecule has 0 aromatic heterocycles. The first-order valence-electron chi connectivity index (χ1n) is 11.4. The first-order chi connectivity index (χ1) is 16.2. The molecule has 2 fully saturated rings. The van der Waals surface area contributed by atoms with E-state index in [1.54, 1.807) is 4.90 Å². The van der Waals surface area contributed by atoms with Crippen LogP contribution in [0, 0.1) is 0 Å². The highest BCUT2D eigenvalue weighted by Gasteiger charge is 2.47. The zero-order chi connectivity index (χ0) is 24.2. The molecule has 1 N–H and O–H groups in total. The number of aliphatic hydroxyl groups is 1. The lowest BCUT2D eigenvalue weighted by atomic mass is 9.76. The lowest BCUT2D eigenvalue weighted by Crippen LogP contribution is -2.65. The zero-order valence-corrected chi connectivity index (χ0v) is 18.8. The Bertz CT molecular complexity index is 962. The van der Waals surface area contributed by atoms with E-state index in [1.165, 1.54) is 12.1 Å². The van der Waals surface area contributed by atoms with Crippen molar-refractivity contribution in [2.75, 3.05) is 32.8 Å². The molecule has 2 heterocycles. The van der Waals surface area contributed by atoms with Gasteiger partial charge >= 0.3 is 12.3 Å². The van der Waals surface area contributed by atoms with E-state index >= 15 is 0 Å². The number of aliphatic hydroxyl groups excluding tert-OH is 1. The number of carbonyl (C=O) groups is 1. The lowest BCUT2D eigenvalue weighted by molar-refractivity contribution is -0.137. The minimum atomic E-state index is -4.44. The summed E-state index contributed by atoms with van der Waals surface area (Å²) < 4.78 is 49.4. The monoisotopic (exact) mass is 478 g/mol. The highest BCUT2D eigenvalue weighted by atomic mass is 19.4. The van der Waals surface area contributed by atoms with E-state index in [0.29, 0.717) is 19.6 Å². The lowest BCUT2D eigenvalue weighted by Gasteiger charge is -2.56. The summed E-state index contributed by atoms with van der Waals surface area (Å²) in [6.07, 6.45) is -3.03. The summed E-state index contributed by atoms with van der Waals surface area (Å²) >= 11 is 0. The van der Waals surface area contributed by atoms with Crippen molar-refractivity contribution in [1.29, 1.82) is 0 Å². The fourth-order valence-corrected chi connectivity index (χ4v) is 4.62. The number of ether oxygens (including phenoxy) is 2. The Balaban J connectivity index is 1.21. The van der Waals surface area contributed by atoms with Gasteiger partial charge in [0, 0.05) is 31.7 Å². The number of nitrogens with zero attached hydrogens (tertiary/aromatic N) is 2. The normalized spacial score (nSPS) is 18.9. The number of β-amino-alcohol motifs (C(OH)–C–C–N with tert-alkyl or cyclic N) is 1. The van der Waals surface area contributed by atoms with Crippen molar-refractivity contribution in [2.24, 2.45) is 0 Å². The Kier molecular flexibility index (Phi) is 7.33. The predicted molar refractivity (Wildman–Crippen MR) is 119 cm³/mol. The molecule has 2 aromatic rings. The molecule has 1 spiro atoms. The Morgan fingerprint density at radius 2 is 1.74 bits per heavy atom. The second-order valence-corrected chi connectivity index (χ2v) is 8.94. The molecule has 2 saturated heterocycles. The van der Waals surface area contributed by atoms with Gasteiger partial charge < -0.3 is 19.5 Å². The summed E-state index contributed by atoms with van der Waals surface area (Å²) in [5, 5.41) is 10.4. The van der Waals surface area contributed by atoms with Crippen LogP contribution in [0.25, 0.3) is 0 Å². The van der Waals surface area contributed by atoms with Crippen molar-refractivity contribution in [3.8, 4) is 5.75 Å². The van der Waals surface area contributed by atoms with E-state index in [0.717, 1.165) is 43.5 Å². The molecule has 1 amide bonds. The molecular formula is C25H29F3N2O4. The molecule has 2 aromatic carbocycles. The van der Waals surface area contributed by atoms with Crippen molar-refractivity contribution >= 4 is 6.09 Å². The minimum Gasteiger partial charge on any atom is -0.491 e. The van der Waals surface area contributed by atoms with Crippen LogP contribution in [0.2, 0.25) is 0 Å². The Hall–Kier alpha value is -2.78. The summed E-state index contributed by atoms with van der Waals surface area (Å²) in [7, 11) is 0. The van der Waals surface area contributed by atoms with Crippen LogP contribution in [0.15, 0.2) is 54.6 Å². The van der Waals surface area contributed by atoms with Crippen molar-refractivity contribution in [1.82, 2.24) is 9.80 Å². The summed E-state index contributed by atoms with van der Waals surface area (Å²) in [4.78, 5) is 16.3. The van der Waals surface area contributed by atoms with Gasteiger partial charge in [0.2, 0.25) is 0 Å². The number of amides is 1. The van der Waals surface area contributed by atoms with Gasteiger partial charge in [0.25, 0.3) is 0 Å². The summed E-state index contributed by atoms with van der Waals surface area (Å²) in [5.41, 5.74) is 0.0963. The molecule has 0 radical (unpaired) electrons. The molecule has 2 aliphatic rings. The van der Waals surface area contributed by atoms with E-state index in [9.17, 15) is 23.1 Å². The number of rotatable bonds is 7. The number of hydrogen-bond donors (Lipinski definition) is 1. The molecule has 34 heavy (non-hydrogen) atoms. The maximum Gasteiger partial charge on any atom is 0.416 e. The third-order valence-corrected chi connectivity index (χ3v) is 6.71. The van der Waals surface area contributed by atoms with Crippen molar-refractivity contribution in [2.45, 2.75) is 43.7 Å². The maximum absolute atomic E-state index is 12.8. The smallest absolute Gasteiger partial charge is 0.416 e. The fourth-order valence-electron chi connectivity index (χ4n) is 4.62. The van der Waals surface area contributed by atoms with Crippen molar-refractivity contribution < 1.29 is 32.5 Å². The Morgan fingerprint density at radius 1 is 1.03 bits per heavy atom. The van der Waals surface area contributed by atoms with Gasteiger partial charge in [0.15, 0.2) is 0 Å². The maximum atomic E-state index is 12.8. The highest BCUT2D eigenvalue weighted by Crippen LogP contribution is 2.40. The van der Waals surface area contributed by atoms with Crippen molar-refractivity contribution in [3.63, 3.8) is 0 Å². The van der Waals surface area contributed by atoms with Crippen LogP contribution < -0.4 is 4.74 Å². The zero-order valence-electron chi connectivity index (χ0n) is 18.8. The molecule has 6 nitrogen and oxygen atoms in total. The number of halogens is 3. The van der Waals surface area contributed by atoms with Crippen LogP contribution >= 0.6 is 0 Å². The number of carbonyl (C=O) groups excluding carboxylic acids is 1. The second kappa shape index (κ2) is 10.2. The topological polar surface area (TPSA) is 62.2 Å². The van der Waals surface area contributed by atoms with Crippen LogP contribution in [0.4, 0.5) is 18.0 Å². The first kappa shape index (κ1) is 24.3. The van der Waals surface area contributed by atoms with E-state index in [4.69, 9.17) is 9.47 Å². The highest BCUT2D eigenvalue weighted by molar-refractivity contribution is 5.67. The summed E-state index contributed by atoms with van der Waals surface area (Å²) in [6, 6.07) is 14.2. The van der Waals surface area contributed by atoms with Crippen LogP contribution in [0.5, 0.6) is 5.75 Å². The second-order valence-electron chi connectivity index (χ2n) is 8.94. The molecule has 184 valence electrons. The summed E-state index contributed by atoms with van der Waals surface area (Å²) in [6.45, 7) is 2.52. The molecule has 9 heteroatoms. The molecular weight excluding hydrogens is 449 g/mol. The average molecular weight is 479 g/mol. The van der Waals surface area contributed by atoms with Crippen LogP contribution in [0.1, 0.15) is 30.4 Å². The fraction of sp³-hybridized carbons (Fsp3) is 0.480. The third-order valence-electron chi connectivity index (χ3n) is 6.71. The minimum absolute atomic E-state index is 0.0621. The van der Waals surface area contributed by atoms with Gasteiger partial charge in [-0.3, -0.25) is 4.90 Å². The third kappa shape index (κ3) is 5.82. The van der Waals surface area contributed by atoms with Crippen LogP contribution in [-0.4, -0.2) is 65.4 Å². The number of piperidine rings is 1. The number of hydrogen-bond acceptors (Lipinski definition) is 5. The molecule has 1 unspecified atom stereocenters. The molecule has 1 atom stereocenters. The Morgan fingerprint density at radius 3 is 2.38 bits per heavy atom. The van der Waals surface area contributed by atoms with Gasteiger partial charge in [-0.15, -0.1) is 0 Å². The number of benzene rings is 2. The molecule has 0 saturated carbocycles. The average Bonchev–Trinajstić information content (AvgIpc) is 2.84. The van der Waals surface area contributed by atoms with Gasteiger partial charge in [-0.25, -0.2) is 4.79 Å². The number of likely N-dealkylation sites (tertiary alicyclic amines) is 2. The summed E-state index contributed by atoms with van der Waals surface area (Å²) in [5.74, 6) is 0.0783. The van der Waals surface area contributed by atoms with E-state index in [-0.39, 0.29) is 30.6 Å². The molecule has 4 rings (SSSR count). The van der Waals surface area contributed by atoms with E-state index in [1.807, 2.05) is 30.3 Å². The predicted octanol–water partition coefficient (Wildman–Crippen LogP) is 4.32. The Labute approximate surface area is 196 Å². The van der Waals surface area contributed by atoms with Crippen LogP contribution in [-0.2, 0) is 17.5 Å². The molecule has 0 bridgehead atoms. The quantitative estimate of drug-likeness (QED) is 0.642. The van der Waals surface area contributed by atoms with E-state index < -0.39 is 17.8 Å². The van der Waals surface area contributed by atoms with Gasteiger partial charge in [0.1, 0.15) is 25.1 Å². The first-order valence-corrected chi connectivity index (χ1v) is 11.4. The SMILES string of the molecule is O=C(OCc1ccccc1)N1CCC2(CC1)CCN2CC(O)COc1cccc(C(F)(F)F)c1. The van der Waals surface area contributed by atoms with Crippen LogP contribution in [0.3, 0.4) is 0 Å². The molecule has 2 aliphatic heterocycles. The standard InChI is InChI=1S/C25H29F3N2O4/c26-25(27,28)20-7-4-8-22(15-20)33-18-21(31)16-30-14-11-24(30)9-12-29(13-10-24)23(32)34-17-19-5-2-1-3-6-19/h1-8,15,21,31H,9-14,16-18H2. The van der Waals surface area contributed by atoms with Gasteiger partial charge in [-0.05, 0) is 43.0 Å². The molecule has 0 aliphatic carbocycles.